The largest absolute Gasteiger partial charge is 0.492 e. The van der Waals surface area contributed by atoms with E-state index >= 15 is 0 Å². The van der Waals surface area contributed by atoms with E-state index in [2.05, 4.69) is 28.6 Å². The van der Waals surface area contributed by atoms with Crippen molar-refractivity contribution < 1.29 is 9.13 Å². The fraction of sp³-hybridized carbons (Fsp3) is 0.321. The van der Waals surface area contributed by atoms with Crippen molar-refractivity contribution in [2.75, 3.05) is 26.2 Å². The maximum atomic E-state index is 14.6. The zero-order chi connectivity index (χ0) is 23.2. The molecule has 0 N–H and O–H groups in total. The Morgan fingerprint density at radius 2 is 1.82 bits per heavy atom. The number of likely N-dealkylation sites (tertiary alicyclic amines) is 1. The number of aryl methyl sites for hydroxylation is 1. The second-order valence-corrected chi connectivity index (χ2v) is 9.10. The summed E-state index contributed by atoms with van der Waals surface area (Å²) >= 11 is 5.92. The molecule has 1 saturated heterocycles. The van der Waals surface area contributed by atoms with Crippen molar-refractivity contribution in [1.29, 1.82) is 0 Å². The van der Waals surface area contributed by atoms with Crippen LogP contribution in [0.2, 0.25) is 5.02 Å². The molecule has 2 heterocycles. The van der Waals surface area contributed by atoms with Crippen molar-refractivity contribution in [3.05, 3.63) is 82.4 Å². The van der Waals surface area contributed by atoms with Crippen LogP contribution in [0.1, 0.15) is 36.6 Å². The number of piperidine rings is 1. The normalized spacial score (nSPS) is 14.5. The van der Waals surface area contributed by atoms with Crippen LogP contribution in [0.5, 0.6) is 5.75 Å². The first-order chi connectivity index (χ1) is 16.0. The van der Waals surface area contributed by atoms with Crippen molar-refractivity contribution in [2.24, 2.45) is 5.92 Å². The summed E-state index contributed by atoms with van der Waals surface area (Å²) in [7, 11) is 0. The fourth-order valence-electron chi connectivity index (χ4n) is 3.92. The van der Waals surface area contributed by atoms with Crippen LogP contribution in [0.4, 0.5) is 4.39 Å². The van der Waals surface area contributed by atoms with Gasteiger partial charge in [0.15, 0.2) is 5.82 Å². The van der Waals surface area contributed by atoms with Crippen LogP contribution in [0.15, 0.2) is 54.7 Å². The van der Waals surface area contributed by atoms with Crippen LogP contribution < -0.4 is 4.74 Å². The summed E-state index contributed by atoms with van der Waals surface area (Å²) in [6.45, 7) is 8.26. The third-order valence-corrected chi connectivity index (χ3v) is 6.31. The molecule has 0 bridgehead atoms. The summed E-state index contributed by atoms with van der Waals surface area (Å²) in [6, 6.07) is 14.5. The Balaban J connectivity index is 1.37. The lowest BCUT2D eigenvalue weighted by Crippen LogP contribution is -2.35. The molecule has 0 unspecified atom stereocenters. The minimum absolute atomic E-state index is 0.126. The SMILES string of the molecule is Cc1cc(C#Cc2ncc(-c3ccc(Cl)cc3)cc2F)ccc1OCCN1CCC(C)CC1. The van der Waals surface area contributed by atoms with Crippen molar-refractivity contribution >= 4 is 11.6 Å². The first kappa shape index (κ1) is 23.3. The van der Waals surface area contributed by atoms with E-state index < -0.39 is 5.82 Å². The summed E-state index contributed by atoms with van der Waals surface area (Å²) in [6.07, 6.45) is 4.17. The van der Waals surface area contributed by atoms with Crippen LogP contribution in [0.25, 0.3) is 11.1 Å². The second kappa shape index (κ2) is 10.8. The van der Waals surface area contributed by atoms with Gasteiger partial charge in [-0.05, 0) is 92.2 Å². The zero-order valence-electron chi connectivity index (χ0n) is 19.1. The number of aromatic nitrogens is 1. The molecule has 3 aromatic rings. The average molecular weight is 463 g/mol. The first-order valence-electron chi connectivity index (χ1n) is 11.4. The molecule has 2 aromatic carbocycles. The van der Waals surface area contributed by atoms with Gasteiger partial charge in [-0.25, -0.2) is 9.37 Å². The molecule has 5 heteroatoms. The van der Waals surface area contributed by atoms with Gasteiger partial charge < -0.3 is 4.74 Å². The molecule has 170 valence electrons. The Morgan fingerprint density at radius 1 is 1.06 bits per heavy atom. The minimum atomic E-state index is -0.446. The van der Waals surface area contributed by atoms with Crippen LogP contribution in [0.3, 0.4) is 0 Å². The van der Waals surface area contributed by atoms with Gasteiger partial charge in [-0.2, -0.15) is 0 Å². The lowest BCUT2D eigenvalue weighted by Gasteiger charge is -2.30. The minimum Gasteiger partial charge on any atom is -0.492 e. The molecule has 1 aliphatic rings. The molecule has 0 atom stereocenters. The molecule has 1 aromatic heterocycles. The van der Waals surface area contributed by atoms with Gasteiger partial charge >= 0.3 is 0 Å². The van der Waals surface area contributed by atoms with Gasteiger partial charge in [0.1, 0.15) is 18.1 Å². The highest BCUT2D eigenvalue weighted by Gasteiger charge is 2.15. The average Bonchev–Trinajstić information content (AvgIpc) is 2.81. The van der Waals surface area contributed by atoms with E-state index in [4.69, 9.17) is 16.3 Å². The Bertz CT molecular complexity index is 1160. The zero-order valence-corrected chi connectivity index (χ0v) is 19.8. The summed E-state index contributed by atoms with van der Waals surface area (Å²) in [5.74, 6) is 7.12. The Morgan fingerprint density at radius 3 is 2.52 bits per heavy atom. The second-order valence-electron chi connectivity index (χ2n) is 8.66. The third kappa shape index (κ3) is 6.35. The molecule has 0 radical (unpaired) electrons. The van der Waals surface area contributed by atoms with E-state index in [1.807, 2.05) is 37.3 Å². The smallest absolute Gasteiger partial charge is 0.158 e. The van der Waals surface area contributed by atoms with Gasteiger partial charge in [0, 0.05) is 28.9 Å². The van der Waals surface area contributed by atoms with Crippen LogP contribution >= 0.6 is 11.6 Å². The summed E-state index contributed by atoms with van der Waals surface area (Å²) in [5, 5.41) is 0.637. The number of ether oxygens (including phenoxy) is 1. The van der Waals surface area contributed by atoms with Gasteiger partial charge in [0.25, 0.3) is 0 Å². The van der Waals surface area contributed by atoms with Gasteiger partial charge in [-0.3, -0.25) is 4.90 Å². The van der Waals surface area contributed by atoms with E-state index in [1.165, 1.54) is 18.9 Å². The number of benzene rings is 2. The van der Waals surface area contributed by atoms with Crippen LogP contribution in [-0.2, 0) is 0 Å². The highest BCUT2D eigenvalue weighted by atomic mass is 35.5. The van der Waals surface area contributed by atoms with Gasteiger partial charge in [0.2, 0.25) is 0 Å². The standard InChI is InChI=1S/C28H28ClFN2O/c1-20-11-13-32(14-12-20)15-16-33-28-10-4-22(17-21(28)2)3-9-27-26(30)18-24(19-31-27)23-5-7-25(29)8-6-23/h4-8,10,17-20H,11-16H2,1-2H3. The molecule has 1 fully saturated rings. The monoisotopic (exact) mass is 462 g/mol. The van der Waals surface area contributed by atoms with E-state index in [1.54, 1.807) is 18.3 Å². The number of hydrogen-bond acceptors (Lipinski definition) is 3. The lowest BCUT2D eigenvalue weighted by atomic mass is 9.99. The van der Waals surface area contributed by atoms with E-state index in [-0.39, 0.29) is 5.69 Å². The highest BCUT2D eigenvalue weighted by Crippen LogP contribution is 2.23. The van der Waals surface area contributed by atoms with Gasteiger partial charge in [-0.1, -0.05) is 36.6 Å². The summed E-state index contributed by atoms with van der Waals surface area (Å²) in [4.78, 5) is 6.68. The van der Waals surface area contributed by atoms with Crippen LogP contribution in [-0.4, -0.2) is 36.1 Å². The fourth-order valence-corrected chi connectivity index (χ4v) is 4.05. The molecule has 33 heavy (non-hydrogen) atoms. The number of pyridine rings is 1. The van der Waals surface area contributed by atoms with Gasteiger partial charge in [-0.15, -0.1) is 0 Å². The number of nitrogens with zero attached hydrogens (tertiary/aromatic N) is 2. The number of hydrogen-bond donors (Lipinski definition) is 0. The van der Waals surface area contributed by atoms with Gasteiger partial charge in [0.05, 0.1) is 0 Å². The molecule has 1 aliphatic heterocycles. The maximum Gasteiger partial charge on any atom is 0.158 e. The summed E-state index contributed by atoms with van der Waals surface area (Å²) in [5.41, 5.74) is 3.48. The predicted octanol–water partition coefficient (Wildman–Crippen LogP) is 6.36. The first-order valence-corrected chi connectivity index (χ1v) is 11.7. The Labute approximate surface area is 200 Å². The van der Waals surface area contributed by atoms with Crippen molar-refractivity contribution in [3.8, 4) is 28.7 Å². The molecule has 0 amide bonds. The van der Waals surface area contributed by atoms with E-state index in [0.29, 0.717) is 17.2 Å². The number of halogens is 2. The molecule has 0 saturated carbocycles. The lowest BCUT2D eigenvalue weighted by molar-refractivity contribution is 0.160. The molecule has 4 rings (SSSR count). The topological polar surface area (TPSA) is 25.4 Å². The number of rotatable bonds is 5. The Hall–Kier alpha value is -2.87. The van der Waals surface area contributed by atoms with Crippen molar-refractivity contribution in [1.82, 2.24) is 9.88 Å². The van der Waals surface area contributed by atoms with E-state index in [0.717, 1.165) is 48.0 Å². The van der Waals surface area contributed by atoms with E-state index in [9.17, 15) is 4.39 Å². The molecule has 0 aliphatic carbocycles. The molecular formula is C28H28ClFN2O. The molecule has 0 spiro atoms. The molecule has 3 nitrogen and oxygen atoms in total. The highest BCUT2D eigenvalue weighted by molar-refractivity contribution is 6.30. The molecular weight excluding hydrogens is 435 g/mol. The maximum absolute atomic E-state index is 14.6. The summed E-state index contributed by atoms with van der Waals surface area (Å²) < 4.78 is 20.6. The quantitative estimate of drug-likeness (QED) is 0.412. The third-order valence-electron chi connectivity index (χ3n) is 6.06. The van der Waals surface area contributed by atoms with Crippen LogP contribution in [0, 0.1) is 30.5 Å². The Kier molecular flexibility index (Phi) is 7.65. The predicted molar refractivity (Wildman–Crippen MR) is 132 cm³/mol. The van der Waals surface area contributed by atoms with Crippen molar-refractivity contribution in [2.45, 2.75) is 26.7 Å². The van der Waals surface area contributed by atoms with Crippen molar-refractivity contribution in [3.63, 3.8) is 0 Å².